The average Bonchev–Trinajstić information content (AvgIpc) is 2.35. The zero-order valence-corrected chi connectivity index (χ0v) is 12.7. The highest BCUT2D eigenvalue weighted by molar-refractivity contribution is 4.91. The van der Waals surface area contributed by atoms with Gasteiger partial charge in [0.05, 0.1) is 25.4 Å². The van der Waals surface area contributed by atoms with Crippen LogP contribution in [0.2, 0.25) is 0 Å². The van der Waals surface area contributed by atoms with Crippen molar-refractivity contribution >= 4 is 0 Å². The van der Waals surface area contributed by atoms with Crippen molar-refractivity contribution in [3.8, 4) is 0 Å². The SMILES string of the molecule is COCC(OC)C(OC)C(C)(C)C(COC)OC. The number of hydrogen-bond acceptors (Lipinski definition) is 5. The number of rotatable bonds is 10. The van der Waals surface area contributed by atoms with E-state index in [2.05, 4.69) is 13.8 Å². The van der Waals surface area contributed by atoms with Crippen molar-refractivity contribution in [1.29, 1.82) is 0 Å². The largest absolute Gasteiger partial charge is 0.382 e. The molecule has 0 rings (SSSR count). The van der Waals surface area contributed by atoms with Crippen molar-refractivity contribution in [2.45, 2.75) is 32.2 Å². The van der Waals surface area contributed by atoms with E-state index >= 15 is 0 Å². The maximum absolute atomic E-state index is 5.61. The van der Waals surface area contributed by atoms with E-state index in [0.717, 1.165) is 0 Å². The van der Waals surface area contributed by atoms with Gasteiger partial charge in [-0.25, -0.2) is 0 Å². The predicted octanol–water partition coefficient (Wildman–Crippen LogP) is 1.35. The van der Waals surface area contributed by atoms with Crippen LogP contribution < -0.4 is 0 Å². The second-order valence-electron chi connectivity index (χ2n) is 4.89. The first-order chi connectivity index (χ1) is 8.49. The van der Waals surface area contributed by atoms with Crippen LogP contribution in [0.5, 0.6) is 0 Å². The number of hydrogen-bond donors (Lipinski definition) is 0. The Morgan fingerprint density at radius 3 is 1.67 bits per heavy atom. The van der Waals surface area contributed by atoms with Gasteiger partial charge in [0.2, 0.25) is 0 Å². The van der Waals surface area contributed by atoms with E-state index in [9.17, 15) is 0 Å². The van der Waals surface area contributed by atoms with Gasteiger partial charge in [-0.15, -0.1) is 0 Å². The van der Waals surface area contributed by atoms with E-state index in [-0.39, 0.29) is 23.7 Å². The van der Waals surface area contributed by atoms with Crippen LogP contribution in [0.1, 0.15) is 13.8 Å². The molecule has 0 radical (unpaired) electrons. The highest BCUT2D eigenvalue weighted by Crippen LogP contribution is 2.32. The third kappa shape index (κ3) is 4.48. The van der Waals surface area contributed by atoms with Crippen molar-refractivity contribution in [2.24, 2.45) is 5.41 Å². The molecule has 0 bridgehead atoms. The zero-order valence-electron chi connectivity index (χ0n) is 12.7. The standard InChI is InChI=1S/C13H28O5/c1-13(2,11(17-6)9-15-4)12(18-7)10(16-5)8-14-3/h10-12H,8-9H2,1-7H3. The second-order valence-corrected chi connectivity index (χ2v) is 4.89. The molecule has 0 spiro atoms. The maximum atomic E-state index is 5.61. The summed E-state index contributed by atoms with van der Waals surface area (Å²) in [5, 5.41) is 0. The van der Waals surface area contributed by atoms with E-state index in [0.29, 0.717) is 13.2 Å². The highest BCUT2D eigenvalue weighted by atomic mass is 16.6. The Kier molecular flexibility index (Phi) is 8.73. The van der Waals surface area contributed by atoms with Crippen molar-refractivity contribution in [2.75, 3.05) is 48.8 Å². The van der Waals surface area contributed by atoms with Crippen molar-refractivity contribution < 1.29 is 23.7 Å². The molecule has 0 saturated carbocycles. The molecule has 0 N–H and O–H groups in total. The Morgan fingerprint density at radius 1 is 0.778 bits per heavy atom. The summed E-state index contributed by atoms with van der Waals surface area (Å²) in [6, 6.07) is 0. The summed E-state index contributed by atoms with van der Waals surface area (Å²) in [4.78, 5) is 0. The molecule has 0 saturated heterocycles. The van der Waals surface area contributed by atoms with Gasteiger partial charge in [-0.2, -0.15) is 0 Å². The van der Waals surface area contributed by atoms with Crippen LogP contribution in [0.15, 0.2) is 0 Å². The van der Waals surface area contributed by atoms with Crippen LogP contribution in [-0.2, 0) is 23.7 Å². The molecule has 0 aromatic carbocycles. The smallest absolute Gasteiger partial charge is 0.107 e. The lowest BCUT2D eigenvalue weighted by atomic mass is 9.78. The zero-order chi connectivity index (χ0) is 14.2. The molecule has 5 heteroatoms. The first-order valence-electron chi connectivity index (χ1n) is 6.05. The lowest BCUT2D eigenvalue weighted by molar-refractivity contribution is -0.160. The fraction of sp³-hybridized carbons (Fsp3) is 1.00. The van der Waals surface area contributed by atoms with Gasteiger partial charge in [-0.3, -0.25) is 0 Å². The number of ether oxygens (including phenoxy) is 5. The molecule has 0 aromatic heterocycles. The summed E-state index contributed by atoms with van der Waals surface area (Å²) in [5.74, 6) is 0. The van der Waals surface area contributed by atoms with Crippen LogP contribution in [0, 0.1) is 5.41 Å². The summed E-state index contributed by atoms with van der Waals surface area (Å²) >= 11 is 0. The molecule has 0 aliphatic carbocycles. The molecular weight excluding hydrogens is 236 g/mol. The van der Waals surface area contributed by atoms with E-state index in [1.807, 2.05) is 0 Å². The average molecular weight is 264 g/mol. The summed E-state index contributed by atoms with van der Waals surface area (Å²) in [7, 11) is 8.31. The van der Waals surface area contributed by atoms with Gasteiger partial charge in [-0.05, 0) is 0 Å². The minimum atomic E-state index is -0.265. The van der Waals surface area contributed by atoms with Crippen molar-refractivity contribution in [1.82, 2.24) is 0 Å². The Balaban J connectivity index is 4.96. The molecule has 0 amide bonds. The van der Waals surface area contributed by atoms with Gasteiger partial charge >= 0.3 is 0 Å². The molecule has 0 aliphatic heterocycles. The molecule has 110 valence electrons. The number of methoxy groups -OCH3 is 5. The maximum Gasteiger partial charge on any atom is 0.107 e. The van der Waals surface area contributed by atoms with Crippen LogP contribution in [0.3, 0.4) is 0 Å². The molecule has 5 nitrogen and oxygen atoms in total. The predicted molar refractivity (Wildman–Crippen MR) is 69.9 cm³/mol. The third-order valence-electron chi connectivity index (χ3n) is 3.39. The van der Waals surface area contributed by atoms with Crippen molar-refractivity contribution in [3.05, 3.63) is 0 Å². The Bertz CT molecular complexity index is 208. The molecule has 3 atom stereocenters. The first kappa shape index (κ1) is 17.8. The second kappa shape index (κ2) is 8.82. The van der Waals surface area contributed by atoms with E-state index in [1.54, 1.807) is 35.5 Å². The lowest BCUT2D eigenvalue weighted by Crippen LogP contribution is -2.52. The van der Waals surface area contributed by atoms with E-state index in [1.165, 1.54) is 0 Å². The Morgan fingerprint density at radius 2 is 1.33 bits per heavy atom. The van der Waals surface area contributed by atoms with E-state index < -0.39 is 0 Å². The Labute approximate surface area is 111 Å². The van der Waals surface area contributed by atoms with Gasteiger partial charge in [0, 0.05) is 41.0 Å². The lowest BCUT2D eigenvalue weighted by Gasteiger charge is -2.41. The van der Waals surface area contributed by atoms with Gasteiger partial charge in [0.1, 0.15) is 6.10 Å². The van der Waals surface area contributed by atoms with Crippen LogP contribution in [0.4, 0.5) is 0 Å². The van der Waals surface area contributed by atoms with Crippen molar-refractivity contribution in [3.63, 3.8) is 0 Å². The van der Waals surface area contributed by atoms with Crippen LogP contribution in [-0.4, -0.2) is 67.1 Å². The van der Waals surface area contributed by atoms with Gasteiger partial charge < -0.3 is 23.7 Å². The molecule has 0 aromatic rings. The summed E-state index contributed by atoms with van der Waals surface area (Å²) in [6.07, 6.45) is -0.381. The molecule has 0 fully saturated rings. The monoisotopic (exact) mass is 264 g/mol. The molecule has 18 heavy (non-hydrogen) atoms. The van der Waals surface area contributed by atoms with E-state index in [4.69, 9.17) is 23.7 Å². The minimum Gasteiger partial charge on any atom is -0.382 e. The fourth-order valence-electron chi connectivity index (χ4n) is 2.30. The Hall–Kier alpha value is -0.200. The van der Waals surface area contributed by atoms with Gasteiger partial charge in [0.15, 0.2) is 0 Å². The molecule has 3 unspecified atom stereocenters. The van der Waals surface area contributed by atoms with Gasteiger partial charge in [0.25, 0.3) is 0 Å². The first-order valence-corrected chi connectivity index (χ1v) is 6.05. The summed E-state index contributed by atoms with van der Waals surface area (Å²) in [5.41, 5.74) is -0.265. The summed E-state index contributed by atoms with van der Waals surface area (Å²) in [6.45, 7) is 5.14. The minimum absolute atomic E-state index is 0.0815. The van der Waals surface area contributed by atoms with Crippen LogP contribution in [0.25, 0.3) is 0 Å². The topological polar surface area (TPSA) is 46.2 Å². The quantitative estimate of drug-likeness (QED) is 0.596. The normalized spacial score (nSPS) is 17.5. The molecule has 0 heterocycles. The molecular formula is C13H28O5. The van der Waals surface area contributed by atoms with Gasteiger partial charge in [-0.1, -0.05) is 13.8 Å². The molecule has 0 aliphatic rings. The summed E-state index contributed by atoms with van der Waals surface area (Å²) < 4.78 is 26.9. The highest BCUT2D eigenvalue weighted by Gasteiger charge is 2.42. The van der Waals surface area contributed by atoms with Crippen LogP contribution >= 0.6 is 0 Å². The fourth-order valence-corrected chi connectivity index (χ4v) is 2.30. The third-order valence-corrected chi connectivity index (χ3v) is 3.39.